The SMILES string of the molecule is COC(=O)C(N)Cc1cn(-c2ccccc2)nc1-c1ccc(Br)cc1. The number of nitrogens with two attached hydrogens (primary N) is 1. The molecule has 0 aliphatic rings. The second-order valence-electron chi connectivity index (χ2n) is 5.62. The van der Waals surface area contributed by atoms with Crippen LogP contribution in [-0.2, 0) is 16.0 Å². The summed E-state index contributed by atoms with van der Waals surface area (Å²) in [6.07, 6.45) is 2.26. The number of hydrogen-bond donors (Lipinski definition) is 1. The molecule has 0 saturated carbocycles. The molecule has 0 spiro atoms. The van der Waals surface area contributed by atoms with Gasteiger partial charge >= 0.3 is 5.97 Å². The molecule has 1 heterocycles. The summed E-state index contributed by atoms with van der Waals surface area (Å²) in [7, 11) is 1.34. The zero-order valence-electron chi connectivity index (χ0n) is 13.7. The molecule has 0 fully saturated rings. The number of methoxy groups -OCH3 is 1. The molecule has 6 heteroatoms. The molecule has 0 radical (unpaired) electrons. The summed E-state index contributed by atoms with van der Waals surface area (Å²) in [6, 6.07) is 17.0. The van der Waals surface area contributed by atoms with Crippen LogP contribution in [0.4, 0.5) is 0 Å². The molecule has 128 valence electrons. The van der Waals surface area contributed by atoms with Crippen LogP contribution in [0.5, 0.6) is 0 Å². The molecular weight excluding hydrogens is 382 g/mol. The molecular formula is C19H18BrN3O2. The van der Waals surface area contributed by atoms with Crippen molar-refractivity contribution in [2.75, 3.05) is 7.11 Å². The van der Waals surface area contributed by atoms with E-state index < -0.39 is 12.0 Å². The van der Waals surface area contributed by atoms with E-state index in [-0.39, 0.29) is 0 Å². The highest BCUT2D eigenvalue weighted by molar-refractivity contribution is 9.10. The van der Waals surface area contributed by atoms with Crippen LogP contribution in [0.2, 0.25) is 0 Å². The first-order valence-electron chi connectivity index (χ1n) is 7.82. The van der Waals surface area contributed by atoms with Crippen LogP contribution in [0.25, 0.3) is 16.9 Å². The van der Waals surface area contributed by atoms with E-state index in [4.69, 9.17) is 15.6 Å². The zero-order valence-corrected chi connectivity index (χ0v) is 15.3. The Labute approximate surface area is 154 Å². The van der Waals surface area contributed by atoms with Crippen molar-refractivity contribution in [3.8, 4) is 16.9 Å². The maximum atomic E-state index is 11.7. The van der Waals surface area contributed by atoms with Gasteiger partial charge < -0.3 is 10.5 Å². The third-order valence-corrected chi connectivity index (χ3v) is 4.40. The van der Waals surface area contributed by atoms with Gasteiger partial charge in [-0.15, -0.1) is 0 Å². The lowest BCUT2D eigenvalue weighted by Gasteiger charge is -2.09. The minimum absolute atomic E-state index is 0.352. The monoisotopic (exact) mass is 399 g/mol. The molecule has 3 rings (SSSR count). The van der Waals surface area contributed by atoms with Crippen molar-refractivity contribution in [3.05, 3.63) is 70.8 Å². The molecule has 0 aliphatic heterocycles. The topological polar surface area (TPSA) is 70.1 Å². The van der Waals surface area contributed by atoms with Crippen molar-refractivity contribution in [2.24, 2.45) is 5.73 Å². The number of esters is 1. The Morgan fingerprint density at radius 2 is 1.88 bits per heavy atom. The first kappa shape index (κ1) is 17.4. The number of rotatable bonds is 5. The summed E-state index contributed by atoms with van der Waals surface area (Å²) in [4.78, 5) is 11.7. The van der Waals surface area contributed by atoms with Gasteiger partial charge in [-0.1, -0.05) is 46.3 Å². The molecule has 2 N–H and O–H groups in total. The Kier molecular flexibility index (Phi) is 5.31. The lowest BCUT2D eigenvalue weighted by atomic mass is 10.0. The summed E-state index contributed by atoms with van der Waals surface area (Å²) < 4.78 is 7.53. The smallest absolute Gasteiger partial charge is 0.322 e. The standard InChI is InChI=1S/C19H18BrN3O2/c1-25-19(24)17(21)11-14-12-23(16-5-3-2-4-6-16)22-18(14)13-7-9-15(20)10-8-13/h2-10,12,17H,11,21H2,1H3. The summed E-state index contributed by atoms with van der Waals surface area (Å²) >= 11 is 3.44. The number of nitrogens with zero attached hydrogens (tertiary/aromatic N) is 2. The minimum Gasteiger partial charge on any atom is -0.468 e. The van der Waals surface area contributed by atoms with Crippen LogP contribution in [0.15, 0.2) is 65.3 Å². The molecule has 0 aliphatic carbocycles. The lowest BCUT2D eigenvalue weighted by Crippen LogP contribution is -2.33. The van der Waals surface area contributed by atoms with Gasteiger partial charge in [0, 0.05) is 28.2 Å². The fraction of sp³-hybridized carbons (Fsp3) is 0.158. The maximum Gasteiger partial charge on any atom is 0.322 e. The third kappa shape index (κ3) is 3.97. The van der Waals surface area contributed by atoms with E-state index in [2.05, 4.69) is 15.9 Å². The number of ether oxygens (including phenoxy) is 1. The molecule has 25 heavy (non-hydrogen) atoms. The van der Waals surface area contributed by atoms with Gasteiger partial charge in [0.2, 0.25) is 0 Å². The largest absolute Gasteiger partial charge is 0.468 e. The molecule has 1 atom stereocenters. The van der Waals surface area contributed by atoms with Crippen LogP contribution < -0.4 is 5.73 Å². The quantitative estimate of drug-likeness (QED) is 0.667. The van der Waals surface area contributed by atoms with Crippen molar-refractivity contribution in [1.82, 2.24) is 9.78 Å². The van der Waals surface area contributed by atoms with Gasteiger partial charge in [0.05, 0.1) is 18.5 Å². The van der Waals surface area contributed by atoms with Gasteiger partial charge in [-0.25, -0.2) is 4.68 Å². The van der Waals surface area contributed by atoms with Crippen molar-refractivity contribution in [3.63, 3.8) is 0 Å². The Morgan fingerprint density at radius 1 is 1.20 bits per heavy atom. The predicted octanol–water partition coefficient (Wildman–Crippen LogP) is 3.34. The second kappa shape index (κ2) is 7.63. The van der Waals surface area contributed by atoms with Crippen LogP contribution in [0.1, 0.15) is 5.56 Å². The lowest BCUT2D eigenvalue weighted by molar-refractivity contribution is -0.142. The highest BCUT2D eigenvalue weighted by Gasteiger charge is 2.20. The number of hydrogen-bond acceptors (Lipinski definition) is 4. The Balaban J connectivity index is 2.03. The van der Waals surface area contributed by atoms with E-state index >= 15 is 0 Å². The van der Waals surface area contributed by atoms with Crippen molar-refractivity contribution in [2.45, 2.75) is 12.5 Å². The Morgan fingerprint density at radius 3 is 2.52 bits per heavy atom. The van der Waals surface area contributed by atoms with E-state index in [1.807, 2.05) is 60.8 Å². The van der Waals surface area contributed by atoms with Crippen LogP contribution >= 0.6 is 15.9 Å². The number of benzene rings is 2. The third-order valence-electron chi connectivity index (χ3n) is 3.87. The van der Waals surface area contributed by atoms with Crippen LogP contribution in [-0.4, -0.2) is 28.9 Å². The van der Waals surface area contributed by atoms with Gasteiger partial charge in [0.1, 0.15) is 6.04 Å². The molecule has 2 aromatic carbocycles. The number of para-hydroxylation sites is 1. The second-order valence-corrected chi connectivity index (χ2v) is 6.54. The molecule has 1 aromatic heterocycles. The zero-order chi connectivity index (χ0) is 17.8. The Hall–Kier alpha value is -2.44. The highest BCUT2D eigenvalue weighted by Crippen LogP contribution is 2.26. The first-order valence-corrected chi connectivity index (χ1v) is 8.61. The fourth-order valence-electron chi connectivity index (χ4n) is 2.59. The molecule has 0 amide bonds. The van der Waals surface area contributed by atoms with E-state index in [1.54, 1.807) is 4.68 Å². The normalized spacial score (nSPS) is 12.0. The van der Waals surface area contributed by atoms with Crippen LogP contribution in [0.3, 0.4) is 0 Å². The summed E-state index contributed by atoms with van der Waals surface area (Å²) in [5.41, 5.74) is 9.56. The first-order chi connectivity index (χ1) is 12.1. The number of carbonyl (C=O) groups excluding carboxylic acids is 1. The summed E-state index contributed by atoms with van der Waals surface area (Å²) in [5.74, 6) is -0.436. The molecule has 5 nitrogen and oxygen atoms in total. The van der Waals surface area contributed by atoms with Crippen molar-refractivity contribution < 1.29 is 9.53 Å². The van der Waals surface area contributed by atoms with Gasteiger partial charge in [-0.2, -0.15) is 5.10 Å². The number of halogens is 1. The molecule has 0 bridgehead atoms. The van der Waals surface area contributed by atoms with Crippen LogP contribution in [0, 0.1) is 0 Å². The minimum atomic E-state index is -0.729. The average Bonchev–Trinajstić information content (AvgIpc) is 3.06. The molecule has 1 unspecified atom stereocenters. The van der Waals surface area contributed by atoms with Gasteiger partial charge in [0.15, 0.2) is 0 Å². The molecule has 3 aromatic rings. The predicted molar refractivity (Wildman–Crippen MR) is 100 cm³/mol. The maximum absolute atomic E-state index is 11.7. The Bertz CT molecular complexity index is 860. The fourth-order valence-corrected chi connectivity index (χ4v) is 2.86. The van der Waals surface area contributed by atoms with E-state index in [9.17, 15) is 4.79 Å². The van der Waals surface area contributed by atoms with E-state index in [1.165, 1.54) is 7.11 Å². The van der Waals surface area contributed by atoms with Gasteiger partial charge in [-0.05, 0) is 24.3 Å². The number of carbonyl (C=O) groups is 1. The van der Waals surface area contributed by atoms with E-state index in [0.29, 0.717) is 6.42 Å². The number of aromatic nitrogens is 2. The summed E-state index contributed by atoms with van der Waals surface area (Å²) in [6.45, 7) is 0. The van der Waals surface area contributed by atoms with Gasteiger partial charge in [-0.3, -0.25) is 4.79 Å². The van der Waals surface area contributed by atoms with Crippen molar-refractivity contribution >= 4 is 21.9 Å². The average molecular weight is 400 g/mol. The van der Waals surface area contributed by atoms with E-state index in [0.717, 1.165) is 27.0 Å². The van der Waals surface area contributed by atoms with Gasteiger partial charge in [0.25, 0.3) is 0 Å². The highest BCUT2D eigenvalue weighted by atomic mass is 79.9. The molecule has 0 saturated heterocycles. The van der Waals surface area contributed by atoms with Crippen molar-refractivity contribution in [1.29, 1.82) is 0 Å². The summed E-state index contributed by atoms with van der Waals surface area (Å²) in [5, 5.41) is 4.71.